The molecule has 0 aliphatic carbocycles. The van der Waals surface area contributed by atoms with Crippen LogP contribution < -0.4 is 9.62 Å². The Labute approximate surface area is 137 Å². The summed E-state index contributed by atoms with van der Waals surface area (Å²) in [6.07, 6.45) is 0. The van der Waals surface area contributed by atoms with Crippen molar-refractivity contribution < 1.29 is 8.42 Å². The van der Waals surface area contributed by atoms with Crippen molar-refractivity contribution in [2.45, 2.75) is 4.90 Å². The largest absolute Gasteiger partial charge is 0.376 e. The summed E-state index contributed by atoms with van der Waals surface area (Å²) in [4.78, 5) is 1.99. The number of anilines is 2. The quantitative estimate of drug-likeness (QED) is 0.861. The highest BCUT2D eigenvalue weighted by atomic mass is 79.9. The fourth-order valence-corrected chi connectivity index (χ4v) is 4.08. The molecule has 2 aromatic carbocycles. The lowest BCUT2D eigenvalue weighted by atomic mass is 10.2. The Kier molecular flexibility index (Phi) is 4.81. The number of hydrogen-bond acceptors (Lipinski definition) is 3. The third kappa shape index (κ3) is 3.70. The number of nitrogens with zero attached hydrogens (tertiary/aromatic N) is 1. The Morgan fingerprint density at radius 2 is 1.81 bits per heavy atom. The molecular formula is C14H14BrClN2O2S. The fraction of sp³-hybridized carbons (Fsp3) is 0.143. The van der Waals surface area contributed by atoms with Crippen LogP contribution in [0, 0.1) is 0 Å². The molecule has 0 atom stereocenters. The van der Waals surface area contributed by atoms with Crippen molar-refractivity contribution in [3.63, 3.8) is 0 Å². The van der Waals surface area contributed by atoms with Crippen molar-refractivity contribution in [3.05, 3.63) is 52.0 Å². The van der Waals surface area contributed by atoms with E-state index in [1.165, 1.54) is 6.07 Å². The zero-order valence-corrected chi connectivity index (χ0v) is 14.6. The lowest BCUT2D eigenvalue weighted by Crippen LogP contribution is -2.17. The third-order valence-corrected chi connectivity index (χ3v) is 5.42. The predicted molar refractivity (Wildman–Crippen MR) is 90.7 cm³/mol. The number of nitrogens with one attached hydrogen (secondary N) is 1. The van der Waals surface area contributed by atoms with Gasteiger partial charge in [-0.3, -0.25) is 4.72 Å². The Hall–Kier alpha value is -1.24. The lowest BCUT2D eigenvalue weighted by Gasteiger charge is -2.19. The Bertz CT molecular complexity index is 763. The minimum atomic E-state index is -3.70. The van der Waals surface area contributed by atoms with E-state index in [0.717, 1.165) is 5.69 Å². The summed E-state index contributed by atoms with van der Waals surface area (Å²) >= 11 is 9.22. The third-order valence-electron chi connectivity index (χ3n) is 2.81. The topological polar surface area (TPSA) is 49.4 Å². The van der Waals surface area contributed by atoms with Gasteiger partial charge in [0.05, 0.1) is 11.4 Å². The van der Waals surface area contributed by atoms with Crippen LogP contribution in [0.3, 0.4) is 0 Å². The summed E-state index contributed by atoms with van der Waals surface area (Å²) in [5, 5.41) is 0.463. The van der Waals surface area contributed by atoms with Crippen LogP contribution in [0.2, 0.25) is 5.02 Å². The van der Waals surface area contributed by atoms with E-state index in [4.69, 9.17) is 11.6 Å². The molecule has 0 heterocycles. The first-order chi connectivity index (χ1) is 9.81. The predicted octanol–water partition coefficient (Wildman–Crippen LogP) is 3.97. The van der Waals surface area contributed by atoms with Crippen molar-refractivity contribution in [2.24, 2.45) is 0 Å². The highest BCUT2D eigenvalue weighted by molar-refractivity contribution is 9.10. The minimum Gasteiger partial charge on any atom is -0.376 e. The number of rotatable bonds is 4. The smallest absolute Gasteiger partial charge is 0.263 e. The second-order valence-corrected chi connectivity index (χ2v) is 7.53. The monoisotopic (exact) mass is 388 g/mol. The highest BCUT2D eigenvalue weighted by Gasteiger charge is 2.19. The maximum atomic E-state index is 12.5. The molecule has 0 aliphatic rings. The van der Waals surface area contributed by atoms with E-state index in [-0.39, 0.29) is 4.90 Å². The number of sulfonamides is 1. The van der Waals surface area contributed by atoms with Gasteiger partial charge >= 0.3 is 0 Å². The molecule has 0 saturated carbocycles. The van der Waals surface area contributed by atoms with E-state index in [2.05, 4.69) is 20.7 Å². The average molecular weight is 390 g/mol. The average Bonchev–Trinajstić information content (AvgIpc) is 2.38. The molecule has 0 aliphatic heterocycles. The molecule has 2 rings (SSSR count). The first-order valence-electron chi connectivity index (χ1n) is 6.05. The molecule has 0 fully saturated rings. The van der Waals surface area contributed by atoms with Crippen molar-refractivity contribution in [3.8, 4) is 0 Å². The van der Waals surface area contributed by atoms with Crippen LogP contribution in [0.1, 0.15) is 0 Å². The van der Waals surface area contributed by atoms with E-state index in [1.54, 1.807) is 36.4 Å². The number of benzene rings is 2. The molecule has 0 radical (unpaired) electrons. The molecule has 4 nitrogen and oxygen atoms in total. The van der Waals surface area contributed by atoms with Crippen molar-refractivity contribution in [1.82, 2.24) is 0 Å². The maximum Gasteiger partial charge on any atom is 0.263 e. The molecule has 0 spiro atoms. The molecule has 112 valence electrons. The summed E-state index contributed by atoms with van der Waals surface area (Å²) in [5.41, 5.74) is 1.17. The van der Waals surface area contributed by atoms with E-state index < -0.39 is 10.0 Å². The van der Waals surface area contributed by atoms with Crippen LogP contribution in [0.5, 0.6) is 0 Å². The van der Waals surface area contributed by atoms with Gasteiger partial charge in [-0.1, -0.05) is 23.7 Å². The van der Waals surface area contributed by atoms with Gasteiger partial charge in [0.1, 0.15) is 4.90 Å². The summed E-state index contributed by atoms with van der Waals surface area (Å²) in [7, 11) is -0.0333. The molecular weight excluding hydrogens is 376 g/mol. The number of halogens is 2. The van der Waals surface area contributed by atoms with Crippen LogP contribution in [0.4, 0.5) is 11.4 Å². The SMILES string of the molecule is CN(C)c1ccc(Cl)cc1NS(=O)(=O)c1ccccc1Br. The van der Waals surface area contributed by atoms with Gasteiger partial charge in [0, 0.05) is 23.6 Å². The minimum absolute atomic E-state index is 0.176. The maximum absolute atomic E-state index is 12.5. The van der Waals surface area contributed by atoms with Gasteiger partial charge in [-0.15, -0.1) is 0 Å². The number of hydrogen-bond donors (Lipinski definition) is 1. The van der Waals surface area contributed by atoms with Gasteiger partial charge in [0.25, 0.3) is 10.0 Å². The second-order valence-electron chi connectivity index (χ2n) is 4.59. The van der Waals surface area contributed by atoms with Crippen LogP contribution in [0.25, 0.3) is 0 Å². The first-order valence-corrected chi connectivity index (χ1v) is 8.71. The molecule has 0 bridgehead atoms. The summed E-state index contributed by atoms with van der Waals surface area (Å²) in [5.74, 6) is 0. The highest BCUT2D eigenvalue weighted by Crippen LogP contribution is 2.31. The van der Waals surface area contributed by atoms with Crippen LogP contribution in [-0.2, 0) is 10.0 Å². The molecule has 0 unspecified atom stereocenters. The Morgan fingerprint density at radius 3 is 2.43 bits per heavy atom. The van der Waals surface area contributed by atoms with Gasteiger partial charge in [0.15, 0.2) is 0 Å². The lowest BCUT2D eigenvalue weighted by molar-refractivity contribution is 0.601. The molecule has 1 N–H and O–H groups in total. The van der Waals surface area contributed by atoms with Gasteiger partial charge in [-0.25, -0.2) is 8.42 Å². The van der Waals surface area contributed by atoms with Gasteiger partial charge in [-0.05, 0) is 46.3 Å². The van der Waals surface area contributed by atoms with Crippen molar-refractivity contribution >= 4 is 48.9 Å². The normalized spacial score (nSPS) is 11.2. The molecule has 2 aromatic rings. The summed E-state index contributed by atoms with van der Waals surface area (Å²) in [6, 6.07) is 11.7. The van der Waals surface area contributed by atoms with Crippen molar-refractivity contribution in [2.75, 3.05) is 23.7 Å². The van der Waals surface area contributed by atoms with Crippen LogP contribution in [-0.4, -0.2) is 22.5 Å². The standard InChI is InChI=1S/C14H14BrClN2O2S/c1-18(2)13-8-7-10(16)9-12(13)17-21(19,20)14-6-4-3-5-11(14)15/h3-9,17H,1-2H3. The zero-order chi connectivity index (χ0) is 15.6. The summed E-state index contributed by atoms with van der Waals surface area (Å²) < 4.78 is 28.1. The van der Waals surface area contributed by atoms with Crippen molar-refractivity contribution in [1.29, 1.82) is 0 Å². The molecule has 0 amide bonds. The van der Waals surface area contributed by atoms with E-state index in [1.807, 2.05) is 19.0 Å². The molecule has 21 heavy (non-hydrogen) atoms. The van der Waals surface area contributed by atoms with Gasteiger partial charge in [-0.2, -0.15) is 0 Å². The first kappa shape index (κ1) is 16.1. The molecule has 0 saturated heterocycles. The van der Waals surface area contributed by atoms with Gasteiger partial charge in [0.2, 0.25) is 0 Å². The van der Waals surface area contributed by atoms with E-state index in [0.29, 0.717) is 15.2 Å². The van der Waals surface area contributed by atoms with Crippen LogP contribution >= 0.6 is 27.5 Å². The summed E-state index contributed by atoms with van der Waals surface area (Å²) in [6.45, 7) is 0. The molecule has 7 heteroatoms. The molecule has 0 aromatic heterocycles. The Balaban J connectivity index is 2.47. The second kappa shape index (κ2) is 6.25. The zero-order valence-electron chi connectivity index (χ0n) is 11.5. The van der Waals surface area contributed by atoms with E-state index in [9.17, 15) is 8.42 Å². The Morgan fingerprint density at radius 1 is 1.14 bits per heavy atom. The van der Waals surface area contributed by atoms with Crippen LogP contribution in [0.15, 0.2) is 51.8 Å². The van der Waals surface area contributed by atoms with E-state index >= 15 is 0 Å². The fourth-order valence-electron chi connectivity index (χ4n) is 1.84. The van der Waals surface area contributed by atoms with Gasteiger partial charge < -0.3 is 4.90 Å².